The molecule has 2 aromatic carbocycles. The molecule has 1 aliphatic heterocycles. The largest absolute Gasteiger partial charge is 0.495 e. The Bertz CT molecular complexity index is 1110. The second-order valence-corrected chi connectivity index (χ2v) is 7.74. The van der Waals surface area contributed by atoms with Crippen molar-refractivity contribution in [1.29, 1.82) is 0 Å². The molecule has 3 N–H and O–H groups in total. The van der Waals surface area contributed by atoms with Gasteiger partial charge >= 0.3 is 5.97 Å². The second kappa shape index (κ2) is 7.43. The molecular weight excluding hydrogens is 402 g/mol. The van der Waals surface area contributed by atoms with E-state index in [0.29, 0.717) is 9.87 Å². The highest BCUT2D eigenvalue weighted by atomic mass is 32.2. The Morgan fingerprint density at radius 3 is 2.31 bits per heavy atom. The predicted octanol–water partition coefficient (Wildman–Crippen LogP) is 0.596. The molecule has 11 heteroatoms. The van der Waals surface area contributed by atoms with Crippen LogP contribution in [-0.4, -0.2) is 51.4 Å². The van der Waals surface area contributed by atoms with E-state index in [2.05, 4.69) is 5.32 Å². The Balaban J connectivity index is 1.81. The van der Waals surface area contributed by atoms with Crippen LogP contribution in [0.1, 0.15) is 31.1 Å². The third-order valence-electron chi connectivity index (χ3n) is 4.28. The molecule has 0 saturated heterocycles. The van der Waals surface area contributed by atoms with Gasteiger partial charge in [0.1, 0.15) is 10.6 Å². The number of fused-ring (bicyclic) bond motifs is 1. The van der Waals surface area contributed by atoms with E-state index in [9.17, 15) is 22.8 Å². The molecule has 10 nitrogen and oxygen atoms in total. The topological polar surface area (TPSA) is 145 Å². The van der Waals surface area contributed by atoms with Gasteiger partial charge in [-0.15, -0.1) is 0 Å². The fourth-order valence-corrected chi connectivity index (χ4v) is 4.38. The first kappa shape index (κ1) is 20.1. The van der Waals surface area contributed by atoms with Gasteiger partial charge in [-0.25, -0.2) is 13.2 Å². The van der Waals surface area contributed by atoms with E-state index in [0.717, 1.165) is 0 Å². The summed E-state index contributed by atoms with van der Waals surface area (Å²) < 4.78 is 36.0. The summed E-state index contributed by atoms with van der Waals surface area (Å²) in [6.45, 7) is -0.839. The Morgan fingerprint density at radius 2 is 1.72 bits per heavy atom. The van der Waals surface area contributed by atoms with Crippen molar-refractivity contribution in [2.75, 3.05) is 26.6 Å². The molecule has 1 heterocycles. The van der Waals surface area contributed by atoms with Crippen LogP contribution in [0.4, 0.5) is 5.69 Å². The number of nitrogen functional groups attached to an aromatic ring is 1. The molecular formula is C18H17N3O7S. The first-order valence-corrected chi connectivity index (χ1v) is 9.69. The van der Waals surface area contributed by atoms with E-state index < -0.39 is 28.6 Å². The van der Waals surface area contributed by atoms with Crippen LogP contribution in [0.3, 0.4) is 0 Å². The number of methoxy groups -OCH3 is 1. The van der Waals surface area contributed by atoms with Gasteiger partial charge in [-0.2, -0.15) is 4.31 Å². The average Bonchev–Trinajstić information content (AvgIpc) is 2.92. The molecule has 0 spiro atoms. The molecule has 0 fully saturated rings. The highest BCUT2D eigenvalue weighted by molar-refractivity contribution is 7.90. The number of carbonyl (C=O) groups excluding carboxylic acids is 3. The molecule has 0 bridgehead atoms. The van der Waals surface area contributed by atoms with Crippen molar-refractivity contribution in [1.82, 2.24) is 9.62 Å². The van der Waals surface area contributed by atoms with Gasteiger partial charge in [0.2, 0.25) is 0 Å². The molecule has 1 aliphatic rings. The van der Waals surface area contributed by atoms with E-state index in [4.69, 9.17) is 15.2 Å². The number of carbonyl (C=O) groups is 3. The van der Waals surface area contributed by atoms with E-state index in [-0.39, 0.29) is 33.4 Å². The number of hydrogen-bond donors (Lipinski definition) is 2. The minimum absolute atomic E-state index is 0.0343. The molecule has 2 amide bonds. The second-order valence-electron chi connectivity index (χ2n) is 5.94. The van der Waals surface area contributed by atoms with E-state index in [1.165, 1.54) is 50.6 Å². The lowest BCUT2D eigenvalue weighted by Gasteiger charge is -2.15. The summed E-state index contributed by atoms with van der Waals surface area (Å²) in [5, 5.41) is 2.44. The number of rotatable bonds is 5. The third-order valence-corrected chi connectivity index (χ3v) is 6.06. The van der Waals surface area contributed by atoms with Gasteiger partial charge in [-0.3, -0.25) is 9.59 Å². The number of amides is 2. The van der Waals surface area contributed by atoms with Crippen molar-refractivity contribution in [2.45, 2.75) is 4.90 Å². The van der Waals surface area contributed by atoms with Crippen LogP contribution in [0.2, 0.25) is 0 Å². The average molecular weight is 419 g/mol. The Kier molecular flexibility index (Phi) is 5.16. The van der Waals surface area contributed by atoms with Crippen molar-refractivity contribution in [3.05, 3.63) is 53.1 Å². The fraction of sp³-hybridized carbons (Fsp3) is 0.167. The summed E-state index contributed by atoms with van der Waals surface area (Å²) >= 11 is 0. The number of nitrogens with one attached hydrogen (secondary N) is 1. The minimum atomic E-state index is -4.31. The third kappa shape index (κ3) is 3.36. The van der Waals surface area contributed by atoms with Crippen LogP contribution in [0, 0.1) is 0 Å². The van der Waals surface area contributed by atoms with E-state index in [1.54, 1.807) is 0 Å². The summed E-state index contributed by atoms with van der Waals surface area (Å²) in [6, 6.07) is 8.21. The summed E-state index contributed by atoms with van der Waals surface area (Å²) in [7, 11) is -1.58. The summed E-state index contributed by atoms with van der Waals surface area (Å²) in [5.41, 5.74) is 5.91. The Labute approximate surface area is 166 Å². The molecule has 152 valence electrons. The normalized spacial score (nSPS) is 14.3. The molecule has 0 aliphatic carbocycles. The summed E-state index contributed by atoms with van der Waals surface area (Å²) in [4.78, 5) is 36.0. The van der Waals surface area contributed by atoms with Gasteiger partial charge in [0.25, 0.3) is 21.8 Å². The zero-order valence-electron chi connectivity index (χ0n) is 15.5. The van der Waals surface area contributed by atoms with Gasteiger partial charge in [-0.1, -0.05) is 0 Å². The van der Waals surface area contributed by atoms with Crippen LogP contribution in [0.15, 0.2) is 41.3 Å². The molecule has 0 radical (unpaired) electrons. The van der Waals surface area contributed by atoms with Gasteiger partial charge in [0.15, 0.2) is 6.73 Å². The standard InChI is InChI=1S/C18H17N3O7S/c1-20-16(22)10-3-5-11(6-4-10)18(24)28-9-21-17(23)14-12(19)7-8-13(27-2)15(14)29(21,25)26/h3-8H,9,19H2,1-2H3,(H,20,22). The number of benzene rings is 2. The lowest BCUT2D eigenvalue weighted by Crippen LogP contribution is -2.33. The smallest absolute Gasteiger partial charge is 0.339 e. The number of nitrogens with two attached hydrogens (primary N) is 1. The number of nitrogens with zero attached hydrogens (tertiary/aromatic N) is 1. The van der Waals surface area contributed by atoms with Crippen LogP contribution in [0.5, 0.6) is 5.75 Å². The highest BCUT2D eigenvalue weighted by Gasteiger charge is 2.45. The molecule has 0 aromatic heterocycles. The number of esters is 1. The van der Waals surface area contributed by atoms with Crippen LogP contribution in [-0.2, 0) is 14.8 Å². The molecule has 29 heavy (non-hydrogen) atoms. The molecule has 2 aromatic rings. The van der Waals surface area contributed by atoms with Gasteiger partial charge in [-0.05, 0) is 36.4 Å². The van der Waals surface area contributed by atoms with E-state index in [1.807, 2.05) is 0 Å². The molecule has 0 atom stereocenters. The first-order valence-electron chi connectivity index (χ1n) is 8.25. The Morgan fingerprint density at radius 1 is 1.10 bits per heavy atom. The maximum absolute atomic E-state index is 12.8. The molecule has 3 rings (SSSR count). The fourth-order valence-electron chi connectivity index (χ4n) is 2.79. The van der Waals surface area contributed by atoms with Crippen molar-refractivity contribution in [2.24, 2.45) is 0 Å². The zero-order valence-corrected chi connectivity index (χ0v) is 16.3. The van der Waals surface area contributed by atoms with Crippen molar-refractivity contribution in [3.63, 3.8) is 0 Å². The lowest BCUT2D eigenvalue weighted by atomic mass is 10.1. The van der Waals surface area contributed by atoms with Crippen molar-refractivity contribution in [3.8, 4) is 5.75 Å². The van der Waals surface area contributed by atoms with E-state index >= 15 is 0 Å². The SMILES string of the molecule is CNC(=O)c1ccc(C(=O)OCN2C(=O)c3c(N)ccc(OC)c3S2(=O)=O)cc1. The van der Waals surface area contributed by atoms with Crippen molar-refractivity contribution < 1.29 is 32.3 Å². The monoisotopic (exact) mass is 419 g/mol. The molecule has 0 saturated carbocycles. The van der Waals surface area contributed by atoms with Gasteiger partial charge in [0.05, 0.1) is 18.2 Å². The summed E-state index contributed by atoms with van der Waals surface area (Å²) in [6.07, 6.45) is 0. The lowest BCUT2D eigenvalue weighted by molar-refractivity contribution is 0.0358. The van der Waals surface area contributed by atoms with Crippen molar-refractivity contribution >= 4 is 33.5 Å². The maximum atomic E-state index is 12.8. The predicted molar refractivity (Wildman–Crippen MR) is 101 cm³/mol. The number of ether oxygens (including phenoxy) is 2. The number of hydrogen-bond acceptors (Lipinski definition) is 8. The highest BCUT2D eigenvalue weighted by Crippen LogP contribution is 2.40. The molecule has 0 unspecified atom stereocenters. The minimum Gasteiger partial charge on any atom is -0.495 e. The number of sulfonamides is 1. The maximum Gasteiger partial charge on any atom is 0.339 e. The van der Waals surface area contributed by atoms with Crippen LogP contribution in [0.25, 0.3) is 0 Å². The summed E-state index contributed by atoms with van der Waals surface area (Å²) in [5.74, 6) is -2.16. The number of anilines is 1. The van der Waals surface area contributed by atoms with Crippen LogP contribution >= 0.6 is 0 Å². The van der Waals surface area contributed by atoms with Gasteiger partial charge in [0, 0.05) is 18.3 Å². The Hall–Kier alpha value is -3.60. The zero-order chi connectivity index (χ0) is 21.3. The first-order chi connectivity index (χ1) is 13.7. The van der Waals surface area contributed by atoms with Gasteiger partial charge < -0.3 is 20.5 Å². The van der Waals surface area contributed by atoms with Crippen LogP contribution < -0.4 is 15.8 Å². The quantitative estimate of drug-likeness (QED) is 0.529.